The normalized spacial score (nSPS) is 21.1. The van der Waals surface area contributed by atoms with Gasteiger partial charge in [-0.3, -0.25) is 9.69 Å². The van der Waals surface area contributed by atoms with Crippen molar-refractivity contribution in [2.24, 2.45) is 5.41 Å². The highest BCUT2D eigenvalue weighted by atomic mass is 16.1. The number of Topliss-reactive ketones (excluding diaryl/α,β-unsaturated/α-hetero) is 1. The van der Waals surface area contributed by atoms with Gasteiger partial charge in [0.25, 0.3) is 0 Å². The van der Waals surface area contributed by atoms with Crippen molar-refractivity contribution in [1.82, 2.24) is 9.88 Å². The van der Waals surface area contributed by atoms with E-state index in [2.05, 4.69) is 60.1 Å². The van der Waals surface area contributed by atoms with E-state index in [1.54, 1.807) is 0 Å². The first-order valence-electron chi connectivity index (χ1n) is 9.77. The van der Waals surface area contributed by atoms with Gasteiger partial charge in [-0.1, -0.05) is 74.5 Å². The number of H-pyrrole nitrogens is 1. The summed E-state index contributed by atoms with van der Waals surface area (Å²) in [7, 11) is 0. The molecule has 3 heteroatoms. The fraction of sp³-hybridized carbons (Fsp3) is 0.240. The van der Waals surface area contributed by atoms with Gasteiger partial charge in [-0.05, 0) is 29.3 Å². The van der Waals surface area contributed by atoms with Gasteiger partial charge >= 0.3 is 0 Å². The Kier molecular flexibility index (Phi) is 5.01. The number of aromatic amines is 1. The lowest BCUT2D eigenvalue weighted by atomic mass is 9.74. The first-order valence-corrected chi connectivity index (χ1v) is 9.77. The predicted octanol–water partition coefficient (Wildman–Crippen LogP) is 5.25. The Morgan fingerprint density at radius 3 is 2.32 bits per heavy atom. The fourth-order valence-electron chi connectivity index (χ4n) is 4.12. The highest BCUT2D eigenvalue weighted by Crippen LogP contribution is 2.42. The molecule has 0 bridgehead atoms. The molecule has 1 aliphatic rings. The number of benzene rings is 2. The molecule has 1 saturated heterocycles. The van der Waals surface area contributed by atoms with Crippen LogP contribution in [0.2, 0.25) is 0 Å². The van der Waals surface area contributed by atoms with Crippen LogP contribution in [0.25, 0.3) is 6.08 Å². The van der Waals surface area contributed by atoms with Gasteiger partial charge in [-0.2, -0.15) is 0 Å². The van der Waals surface area contributed by atoms with Crippen molar-refractivity contribution < 1.29 is 4.79 Å². The maximum absolute atomic E-state index is 13.4. The maximum Gasteiger partial charge on any atom is 0.167 e. The van der Waals surface area contributed by atoms with Crippen LogP contribution in [0.5, 0.6) is 0 Å². The quantitative estimate of drug-likeness (QED) is 0.637. The highest BCUT2D eigenvalue weighted by molar-refractivity contribution is 6.05. The van der Waals surface area contributed by atoms with Crippen LogP contribution in [0, 0.1) is 5.41 Å². The van der Waals surface area contributed by atoms with E-state index in [0.29, 0.717) is 0 Å². The summed E-state index contributed by atoms with van der Waals surface area (Å²) in [4.78, 5) is 19.1. The minimum absolute atomic E-state index is 0.0646. The number of rotatable bonds is 4. The molecule has 3 aromatic rings. The van der Waals surface area contributed by atoms with Crippen LogP contribution in [-0.2, 0) is 11.3 Å². The number of nitrogens with one attached hydrogen (secondary N) is 1. The summed E-state index contributed by atoms with van der Waals surface area (Å²) < 4.78 is 0. The minimum Gasteiger partial charge on any atom is -0.362 e. The molecule has 0 spiro atoms. The van der Waals surface area contributed by atoms with Crippen molar-refractivity contribution >= 4 is 11.9 Å². The summed E-state index contributed by atoms with van der Waals surface area (Å²) in [5.41, 5.74) is 3.79. The molecule has 1 atom stereocenters. The van der Waals surface area contributed by atoms with Crippen molar-refractivity contribution in [2.75, 3.05) is 6.54 Å². The molecule has 0 amide bonds. The Bertz CT molecular complexity index is 956. The van der Waals surface area contributed by atoms with E-state index < -0.39 is 5.41 Å². The van der Waals surface area contributed by atoms with Gasteiger partial charge in [-0.15, -0.1) is 0 Å². The molecule has 2 heterocycles. The molecule has 0 saturated carbocycles. The average Bonchev–Trinajstić information content (AvgIpc) is 3.20. The standard InChI is InChI=1S/C25H26N2O/c1-25(2)18-27(17-19-10-5-3-6-11-19)23(20-12-7-4-8-13-20)22(24(25)28)16-21-14-9-15-26-21/h3-16,23,26H,17-18H2,1-2H3. The van der Waals surface area contributed by atoms with Gasteiger partial charge in [0.05, 0.1) is 6.04 Å². The van der Waals surface area contributed by atoms with Crippen molar-refractivity contribution in [3.63, 3.8) is 0 Å². The molecule has 1 fully saturated rings. The van der Waals surface area contributed by atoms with Crippen LogP contribution in [-0.4, -0.2) is 22.2 Å². The second-order valence-corrected chi connectivity index (χ2v) is 8.14. The summed E-state index contributed by atoms with van der Waals surface area (Å²) in [6.45, 7) is 5.63. The van der Waals surface area contributed by atoms with Gasteiger partial charge in [0.15, 0.2) is 5.78 Å². The van der Waals surface area contributed by atoms with Gasteiger partial charge in [0.1, 0.15) is 0 Å². The lowest BCUT2D eigenvalue weighted by molar-refractivity contribution is -0.128. The van der Waals surface area contributed by atoms with Crippen LogP contribution < -0.4 is 0 Å². The maximum atomic E-state index is 13.4. The van der Waals surface area contributed by atoms with E-state index in [-0.39, 0.29) is 11.8 Å². The Labute approximate surface area is 166 Å². The summed E-state index contributed by atoms with van der Waals surface area (Å²) >= 11 is 0. The number of hydrogen-bond acceptors (Lipinski definition) is 2. The van der Waals surface area contributed by atoms with Gasteiger partial charge in [0.2, 0.25) is 0 Å². The first kappa shape index (κ1) is 18.5. The molecule has 0 radical (unpaired) electrons. The third-order valence-corrected chi connectivity index (χ3v) is 5.41. The highest BCUT2D eigenvalue weighted by Gasteiger charge is 2.43. The molecule has 1 aromatic heterocycles. The molecule has 1 unspecified atom stereocenters. The van der Waals surface area contributed by atoms with Crippen LogP contribution >= 0.6 is 0 Å². The Balaban J connectivity index is 1.82. The molecular formula is C25H26N2O. The molecule has 2 aromatic carbocycles. The largest absolute Gasteiger partial charge is 0.362 e. The zero-order valence-electron chi connectivity index (χ0n) is 16.4. The smallest absolute Gasteiger partial charge is 0.167 e. The summed E-state index contributed by atoms with van der Waals surface area (Å²) in [5, 5.41) is 0. The first-order chi connectivity index (χ1) is 13.5. The van der Waals surface area contributed by atoms with Crippen LogP contribution in [0.3, 0.4) is 0 Å². The summed E-state index contributed by atoms with van der Waals surface area (Å²) in [5.74, 6) is 0.222. The third kappa shape index (κ3) is 3.71. The lowest BCUT2D eigenvalue weighted by Crippen LogP contribution is -2.49. The van der Waals surface area contributed by atoms with Crippen LogP contribution in [0.1, 0.15) is 36.7 Å². The topological polar surface area (TPSA) is 36.1 Å². The van der Waals surface area contributed by atoms with E-state index in [1.807, 2.05) is 48.7 Å². The fourth-order valence-corrected chi connectivity index (χ4v) is 4.12. The molecule has 28 heavy (non-hydrogen) atoms. The minimum atomic E-state index is -0.432. The van der Waals surface area contributed by atoms with Gasteiger partial charge in [-0.25, -0.2) is 0 Å². The number of ketones is 1. The van der Waals surface area contributed by atoms with E-state index in [4.69, 9.17) is 0 Å². The van der Waals surface area contributed by atoms with E-state index in [0.717, 1.165) is 29.9 Å². The zero-order valence-corrected chi connectivity index (χ0v) is 16.4. The third-order valence-electron chi connectivity index (χ3n) is 5.41. The number of hydrogen-bond donors (Lipinski definition) is 1. The number of piperidine rings is 1. The van der Waals surface area contributed by atoms with E-state index in [9.17, 15) is 4.79 Å². The molecule has 4 rings (SSSR count). The van der Waals surface area contributed by atoms with Crippen LogP contribution in [0.15, 0.2) is 84.6 Å². The molecule has 142 valence electrons. The number of carbonyl (C=O) groups excluding carboxylic acids is 1. The average molecular weight is 370 g/mol. The molecule has 0 aliphatic carbocycles. The zero-order chi connectivity index (χ0) is 19.6. The summed E-state index contributed by atoms with van der Waals surface area (Å²) in [6.07, 6.45) is 3.92. The molecule has 1 N–H and O–H groups in total. The Morgan fingerprint density at radius 2 is 1.68 bits per heavy atom. The molecule has 1 aliphatic heterocycles. The monoisotopic (exact) mass is 370 g/mol. The predicted molar refractivity (Wildman–Crippen MR) is 114 cm³/mol. The SMILES string of the molecule is CC1(C)CN(Cc2ccccc2)C(c2ccccc2)C(=Cc2ccc[nH]2)C1=O. The molecule has 3 nitrogen and oxygen atoms in total. The Morgan fingerprint density at radius 1 is 1.00 bits per heavy atom. The number of nitrogens with zero attached hydrogens (tertiary/aromatic N) is 1. The Hall–Kier alpha value is -2.91. The second-order valence-electron chi connectivity index (χ2n) is 8.14. The lowest BCUT2D eigenvalue weighted by Gasteiger charge is -2.44. The second kappa shape index (κ2) is 7.61. The molecular weight excluding hydrogens is 344 g/mol. The number of aromatic nitrogens is 1. The number of carbonyl (C=O) groups is 1. The van der Waals surface area contributed by atoms with E-state index in [1.165, 1.54) is 5.56 Å². The van der Waals surface area contributed by atoms with Gasteiger partial charge < -0.3 is 4.98 Å². The summed E-state index contributed by atoms with van der Waals surface area (Å²) in [6, 6.07) is 24.8. The van der Waals surface area contributed by atoms with Crippen molar-refractivity contribution in [3.05, 3.63) is 101 Å². The number of likely N-dealkylation sites (tertiary alicyclic amines) is 1. The van der Waals surface area contributed by atoms with Crippen molar-refractivity contribution in [3.8, 4) is 0 Å². The van der Waals surface area contributed by atoms with E-state index >= 15 is 0 Å². The van der Waals surface area contributed by atoms with Gasteiger partial charge in [0, 0.05) is 36.0 Å². The van der Waals surface area contributed by atoms with Crippen LogP contribution in [0.4, 0.5) is 0 Å². The van der Waals surface area contributed by atoms with Crippen molar-refractivity contribution in [2.45, 2.75) is 26.4 Å². The van der Waals surface area contributed by atoms with Crippen molar-refractivity contribution in [1.29, 1.82) is 0 Å².